The minimum atomic E-state index is -0.334. The molecule has 1 atom stereocenters. The number of carbonyl (C=O) groups excluding carboxylic acids is 2. The molecule has 0 saturated carbocycles. The molecular formula is C16H20N4O3S. The summed E-state index contributed by atoms with van der Waals surface area (Å²) < 4.78 is 5.34. The summed E-state index contributed by atoms with van der Waals surface area (Å²) in [5.41, 5.74) is 1.51. The van der Waals surface area contributed by atoms with Crippen molar-refractivity contribution in [2.24, 2.45) is 0 Å². The molecule has 0 radical (unpaired) electrons. The predicted molar refractivity (Wildman–Crippen MR) is 93.4 cm³/mol. The molecule has 0 aliphatic rings. The second-order valence-electron chi connectivity index (χ2n) is 5.14. The molecule has 8 heteroatoms. The third kappa shape index (κ3) is 5.24. The molecule has 0 spiro atoms. The van der Waals surface area contributed by atoms with Gasteiger partial charge in [-0.2, -0.15) is 0 Å². The van der Waals surface area contributed by atoms with E-state index in [-0.39, 0.29) is 24.6 Å². The zero-order valence-corrected chi connectivity index (χ0v) is 14.6. The van der Waals surface area contributed by atoms with Crippen molar-refractivity contribution in [1.82, 2.24) is 15.6 Å². The van der Waals surface area contributed by atoms with E-state index in [1.54, 1.807) is 31.3 Å². The lowest BCUT2D eigenvalue weighted by Crippen LogP contribution is -2.31. The summed E-state index contributed by atoms with van der Waals surface area (Å²) in [5.74, 6) is 0.277. The Labute approximate surface area is 144 Å². The number of carbonyl (C=O) groups is 2. The molecule has 128 valence electrons. The topological polar surface area (TPSA) is 92.4 Å². The van der Waals surface area contributed by atoms with E-state index in [0.717, 1.165) is 10.7 Å². The third-order valence-electron chi connectivity index (χ3n) is 3.10. The van der Waals surface area contributed by atoms with E-state index < -0.39 is 0 Å². The lowest BCUT2D eigenvalue weighted by atomic mass is 10.3. The van der Waals surface area contributed by atoms with Gasteiger partial charge in [-0.25, -0.2) is 9.78 Å². The van der Waals surface area contributed by atoms with Gasteiger partial charge < -0.3 is 20.7 Å². The van der Waals surface area contributed by atoms with Crippen LogP contribution in [-0.2, 0) is 4.79 Å². The lowest BCUT2D eigenvalue weighted by molar-refractivity contribution is -0.122. The average Bonchev–Trinajstić information content (AvgIpc) is 2.99. The van der Waals surface area contributed by atoms with E-state index in [0.29, 0.717) is 11.4 Å². The molecule has 2 aromatic rings. The lowest BCUT2D eigenvalue weighted by Gasteiger charge is -2.13. The number of urea groups is 1. The standard InChI is InChI=1S/C16H20N4O3S/c1-10-9-24-15(18-10)11(2)19-16(22)20-12-5-4-6-13(7-12)23-8-14(21)17-3/h4-7,9,11H,8H2,1-3H3,(H,17,21)(H2,19,20,22)/t11-/m1/s1. The third-order valence-corrected chi connectivity index (χ3v) is 4.24. The van der Waals surface area contributed by atoms with Crippen molar-refractivity contribution in [3.8, 4) is 5.75 Å². The highest BCUT2D eigenvalue weighted by atomic mass is 32.1. The molecule has 7 nitrogen and oxygen atoms in total. The van der Waals surface area contributed by atoms with E-state index in [9.17, 15) is 9.59 Å². The Kier molecular flexibility index (Phi) is 6.14. The number of nitrogens with zero attached hydrogens (tertiary/aromatic N) is 1. The molecule has 0 unspecified atom stereocenters. The summed E-state index contributed by atoms with van der Waals surface area (Å²) in [5, 5.41) is 10.8. The summed E-state index contributed by atoms with van der Waals surface area (Å²) >= 11 is 1.51. The summed E-state index contributed by atoms with van der Waals surface area (Å²) in [7, 11) is 1.54. The maximum absolute atomic E-state index is 12.1. The first-order valence-corrected chi connectivity index (χ1v) is 8.29. The number of ether oxygens (including phenoxy) is 1. The van der Waals surface area contributed by atoms with Crippen LogP contribution in [-0.4, -0.2) is 30.6 Å². The highest BCUT2D eigenvalue weighted by Gasteiger charge is 2.13. The van der Waals surface area contributed by atoms with Crippen LogP contribution in [0.1, 0.15) is 23.7 Å². The Morgan fingerprint density at radius 2 is 2.17 bits per heavy atom. The van der Waals surface area contributed by atoms with Gasteiger partial charge in [0.1, 0.15) is 10.8 Å². The van der Waals surface area contributed by atoms with Crippen molar-refractivity contribution in [2.75, 3.05) is 19.0 Å². The Morgan fingerprint density at radius 3 is 2.83 bits per heavy atom. The van der Waals surface area contributed by atoms with Crippen LogP contribution in [0.3, 0.4) is 0 Å². The highest BCUT2D eigenvalue weighted by molar-refractivity contribution is 7.09. The Hall–Kier alpha value is -2.61. The Bertz CT molecular complexity index is 717. The van der Waals surface area contributed by atoms with Crippen molar-refractivity contribution in [2.45, 2.75) is 19.9 Å². The molecule has 3 N–H and O–H groups in total. The van der Waals surface area contributed by atoms with Crippen LogP contribution < -0.4 is 20.7 Å². The summed E-state index contributed by atoms with van der Waals surface area (Å²) in [6, 6.07) is 6.33. The summed E-state index contributed by atoms with van der Waals surface area (Å²) in [6.07, 6.45) is 0. The fourth-order valence-electron chi connectivity index (χ4n) is 1.88. The smallest absolute Gasteiger partial charge is 0.319 e. The van der Waals surface area contributed by atoms with Crippen LogP contribution in [0, 0.1) is 6.92 Å². The van der Waals surface area contributed by atoms with Crippen LogP contribution in [0.2, 0.25) is 0 Å². The van der Waals surface area contributed by atoms with Gasteiger partial charge in [0.15, 0.2) is 6.61 Å². The first kappa shape index (κ1) is 17.7. The molecule has 1 aromatic carbocycles. The van der Waals surface area contributed by atoms with Gasteiger partial charge in [-0.05, 0) is 26.0 Å². The minimum absolute atomic E-state index is 0.0768. The van der Waals surface area contributed by atoms with Crippen molar-refractivity contribution in [3.63, 3.8) is 0 Å². The molecule has 3 amide bonds. The first-order chi connectivity index (χ1) is 11.5. The number of amides is 3. The normalized spacial score (nSPS) is 11.5. The van der Waals surface area contributed by atoms with Crippen LogP contribution in [0.5, 0.6) is 5.75 Å². The van der Waals surface area contributed by atoms with Crippen molar-refractivity contribution in [1.29, 1.82) is 0 Å². The van der Waals surface area contributed by atoms with Gasteiger partial charge in [0.2, 0.25) is 0 Å². The van der Waals surface area contributed by atoms with Gasteiger partial charge in [0, 0.05) is 29.9 Å². The minimum Gasteiger partial charge on any atom is -0.484 e. The number of benzene rings is 1. The number of hydrogen-bond acceptors (Lipinski definition) is 5. The number of aromatic nitrogens is 1. The maximum atomic E-state index is 12.1. The molecule has 0 bridgehead atoms. The number of anilines is 1. The number of rotatable bonds is 6. The molecule has 1 aromatic heterocycles. The van der Waals surface area contributed by atoms with Crippen LogP contribution in [0.25, 0.3) is 0 Å². The maximum Gasteiger partial charge on any atom is 0.319 e. The van der Waals surface area contributed by atoms with Gasteiger partial charge in [0.25, 0.3) is 5.91 Å². The number of aryl methyl sites for hydroxylation is 1. The SMILES string of the molecule is CNC(=O)COc1cccc(NC(=O)N[C@H](C)c2nc(C)cs2)c1. The van der Waals surface area contributed by atoms with Crippen LogP contribution >= 0.6 is 11.3 Å². The largest absolute Gasteiger partial charge is 0.484 e. The number of likely N-dealkylation sites (N-methyl/N-ethyl adjacent to an activating group) is 1. The monoisotopic (exact) mass is 348 g/mol. The molecular weight excluding hydrogens is 328 g/mol. The van der Waals surface area contributed by atoms with Crippen molar-refractivity contribution in [3.05, 3.63) is 40.3 Å². The second kappa shape index (κ2) is 8.30. The molecule has 24 heavy (non-hydrogen) atoms. The van der Waals surface area contributed by atoms with Gasteiger partial charge >= 0.3 is 6.03 Å². The highest BCUT2D eigenvalue weighted by Crippen LogP contribution is 2.19. The Balaban J connectivity index is 1.90. The molecule has 0 saturated heterocycles. The van der Waals surface area contributed by atoms with Crippen molar-refractivity contribution < 1.29 is 14.3 Å². The molecule has 0 fully saturated rings. The average molecular weight is 348 g/mol. The Morgan fingerprint density at radius 1 is 1.38 bits per heavy atom. The number of hydrogen-bond donors (Lipinski definition) is 3. The second-order valence-corrected chi connectivity index (χ2v) is 6.03. The summed E-state index contributed by atoms with van der Waals surface area (Å²) in [4.78, 5) is 27.6. The quantitative estimate of drug-likeness (QED) is 0.748. The molecule has 1 heterocycles. The van der Waals surface area contributed by atoms with E-state index in [1.165, 1.54) is 11.3 Å². The zero-order chi connectivity index (χ0) is 17.5. The number of nitrogens with one attached hydrogen (secondary N) is 3. The van der Waals surface area contributed by atoms with E-state index >= 15 is 0 Å². The predicted octanol–water partition coefficient (Wildman–Crippen LogP) is 2.46. The first-order valence-electron chi connectivity index (χ1n) is 7.41. The molecule has 2 rings (SSSR count). The van der Waals surface area contributed by atoms with Gasteiger partial charge in [-0.1, -0.05) is 6.07 Å². The number of thiazole rings is 1. The van der Waals surface area contributed by atoms with Gasteiger partial charge in [-0.15, -0.1) is 11.3 Å². The van der Waals surface area contributed by atoms with E-state index in [2.05, 4.69) is 20.9 Å². The van der Waals surface area contributed by atoms with Crippen molar-refractivity contribution >= 4 is 29.0 Å². The van der Waals surface area contributed by atoms with Crippen LogP contribution in [0.15, 0.2) is 29.6 Å². The van der Waals surface area contributed by atoms with Gasteiger partial charge in [-0.3, -0.25) is 4.79 Å². The van der Waals surface area contributed by atoms with Gasteiger partial charge in [0.05, 0.1) is 6.04 Å². The van der Waals surface area contributed by atoms with E-state index in [1.807, 2.05) is 19.2 Å². The zero-order valence-electron chi connectivity index (χ0n) is 13.8. The molecule has 0 aliphatic carbocycles. The molecule has 0 aliphatic heterocycles. The van der Waals surface area contributed by atoms with E-state index in [4.69, 9.17) is 4.74 Å². The summed E-state index contributed by atoms with van der Waals surface area (Å²) in [6.45, 7) is 3.71. The fraction of sp³-hybridized carbons (Fsp3) is 0.312. The van der Waals surface area contributed by atoms with Crippen LogP contribution in [0.4, 0.5) is 10.5 Å². The fourth-order valence-corrected chi connectivity index (χ4v) is 2.69.